The first-order chi connectivity index (χ1) is 14.9. The summed E-state index contributed by atoms with van der Waals surface area (Å²) in [5.74, 6) is -1.19. The largest absolute Gasteiger partial charge is 0.366 e. The maximum atomic E-state index is 14.2. The van der Waals surface area contributed by atoms with E-state index >= 15 is 0 Å². The normalized spacial score (nSPS) is 10.9. The summed E-state index contributed by atoms with van der Waals surface area (Å²) < 4.78 is 5.19. The second kappa shape index (κ2) is 11.0. The number of benzene rings is 3. The Labute approximate surface area is 251 Å². The van der Waals surface area contributed by atoms with Crippen LogP contribution in [0.2, 0.25) is 0 Å². The van der Waals surface area contributed by atoms with Gasteiger partial charge < -0.3 is 5.73 Å². The lowest BCUT2D eigenvalue weighted by Gasteiger charge is -2.29. The lowest BCUT2D eigenvalue weighted by Crippen LogP contribution is -2.30. The van der Waals surface area contributed by atoms with Gasteiger partial charge in [0.1, 0.15) is 0 Å². The van der Waals surface area contributed by atoms with Crippen molar-refractivity contribution in [1.82, 2.24) is 0 Å². The summed E-state index contributed by atoms with van der Waals surface area (Å²) in [6.07, 6.45) is 0. The second-order valence-corrected chi connectivity index (χ2v) is 13.1. The van der Waals surface area contributed by atoms with E-state index in [9.17, 15) is 9.59 Å². The van der Waals surface area contributed by atoms with E-state index in [1.807, 2.05) is 24.3 Å². The van der Waals surface area contributed by atoms with E-state index < -0.39 is 11.8 Å². The number of amides is 2. The van der Waals surface area contributed by atoms with E-state index in [0.29, 0.717) is 38.2 Å². The first-order valence-corrected chi connectivity index (χ1v) is 14.7. The van der Waals surface area contributed by atoms with Crippen molar-refractivity contribution in [2.45, 2.75) is 0 Å². The van der Waals surface area contributed by atoms with Gasteiger partial charge in [-0.3, -0.25) is 14.5 Å². The highest BCUT2D eigenvalue weighted by atomic mass is 79.9. The number of hydrogen-bond acceptors (Lipinski definition) is 2. The summed E-state index contributed by atoms with van der Waals surface area (Å²) >= 11 is 28.1. The van der Waals surface area contributed by atoms with Crippen molar-refractivity contribution in [3.63, 3.8) is 0 Å². The van der Waals surface area contributed by atoms with Crippen LogP contribution in [0.25, 0.3) is 0 Å². The number of hydrogen-bond donors (Lipinski definition) is 1. The average molecular weight is 948 g/mol. The van der Waals surface area contributed by atoms with Crippen molar-refractivity contribution >= 4 is 151 Å². The number of carbonyl (C=O) groups is 2. The molecule has 0 atom stereocenters. The maximum absolute atomic E-state index is 14.2. The summed E-state index contributed by atoms with van der Waals surface area (Å²) in [5.41, 5.74) is 6.88. The van der Waals surface area contributed by atoms with Crippen LogP contribution in [0.4, 0.5) is 11.4 Å². The molecule has 0 fully saturated rings. The zero-order chi connectivity index (χ0) is 23.9. The molecule has 166 valence electrons. The van der Waals surface area contributed by atoms with E-state index in [2.05, 4.69) is 127 Å². The smallest absolute Gasteiger partial charge is 0.264 e. The van der Waals surface area contributed by atoms with Gasteiger partial charge in [0.25, 0.3) is 5.91 Å². The standard InChI is InChI=1S/C20H8Br8N2O2/c21-7-3-11(24)17(12(25)4-7)30(18-13(26)5-8(22)6-14(18)27)20(32)15-9(19(29)31)1-2-10(23)16(15)28/h1-6H,(H2,29,31). The molecule has 0 saturated carbocycles. The Kier molecular flexibility index (Phi) is 9.30. The Balaban J connectivity index is 2.43. The molecule has 2 amide bonds. The predicted molar refractivity (Wildman–Crippen MR) is 156 cm³/mol. The van der Waals surface area contributed by atoms with Gasteiger partial charge >= 0.3 is 0 Å². The molecule has 12 heteroatoms. The molecule has 0 unspecified atom stereocenters. The van der Waals surface area contributed by atoms with E-state index in [-0.39, 0.29) is 11.1 Å². The van der Waals surface area contributed by atoms with Crippen LogP contribution in [0.15, 0.2) is 72.2 Å². The van der Waals surface area contributed by atoms with Crippen LogP contribution in [-0.2, 0) is 0 Å². The Bertz CT molecular complexity index is 1180. The number of nitrogens with two attached hydrogens (primary N) is 1. The molecule has 0 spiro atoms. The van der Waals surface area contributed by atoms with Gasteiger partial charge in [-0.25, -0.2) is 0 Å². The molecule has 0 aromatic heterocycles. The molecular formula is C20H8Br8N2O2. The van der Waals surface area contributed by atoms with E-state index in [4.69, 9.17) is 5.73 Å². The van der Waals surface area contributed by atoms with Crippen LogP contribution in [-0.4, -0.2) is 11.8 Å². The number of rotatable bonds is 4. The van der Waals surface area contributed by atoms with Gasteiger partial charge in [0, 0.05) is 35.8 Å². The van der Waals surface area contributed by atoms with Crippen molar-refractivity contribution in [2.24, 2.45) is 5.73 Å². The molecule has 0 aliphatic heterocycles. The molecule has 3 aromatic carbocycles. The Hall–Kier alpha value is 0.440. The summed E-state index contributed by atoms with van der Waals surface area (Å²) in [7, 11) is 0. The van der Waals surface area contributed by atoms with Gasteiger partial charge in [-0.1, -0.05) is 31.9 Å². The molecule has 3 rings (SSSR count). The fourth-order valence-electron chi connectivity index (χ4n) is 2.89. The van der Waals surface area contributed by atoms with Crippen LogP contribution >= 0.6 is 127 Å². The quantitative estimate of drug-likeness (QED) is 0.283. The Morgan fingerprint density at radius 2 is 1.06 bits per heavy atom. The van der Waals surface area contributed by atoms with E-state index in [1.54, 1.807) is 6.07 Å². The molecule has 4 nitrogen and oxygen atoms in total. The van der Waals surface area contributed by atoms with Crippen LogP contribution in [0, 0.1) is 0 Å². The maximum Gasteiger partial charge on any atom is 0.264 e. The minimum atomic E-state index is -0.718. The molecule has 2 N–H and O–H groups in total. The fraction of sp³-hybridized carbons (Fsp3) is 0. The lowest BCUT2D eigenvalue weighted by atomic mass is 10.0. The highest BCUT2D eigenvalue weighted by Gasteiger charge is 2.32. The first kappa shape index (κ1) is 27.0. The third kappa shape index (κ3) is 5.47. The monoisotopic (exact) mass is 939 g/mol. The minimum absolute atomic E-state index is 0.0868. The predicted octanol–water partition coefficient (Wildman–Crippen LogP) is 9.86. The minimum Gasteiger partial charge on any atom is -0.366 e. The Morgan fingerprint density at radius 1 is 0.656 bits per heavy atom. The molecule has 32 heavy (non-hydrogen) atoms. The van der Waals surface area contributed by atoms with Crippen LogP contribution in [0.3, 0.4) is 0 Å². The van der Waals surface area contributed by atoms with Gasteiger partial charge in [-0.15, -0.1) is 0 Å². The highest BCUT2D eigenvalue weighted by Crippen LogP contribution is 2.47. The first-order valence-electron chi connectivity index (χ1n) is 8.35. The van der Waals surface area contributed by atoms with Crippen molar-refractivity contribution in [3.05, 3.63) is 83.3 Å². The van der Waals surface area contributed by atoms with Crippen LogP contribution in [0.1, 0.15) is 20.7 Å². The van der Waals surface area contributed by atoms with Crippen LogP contribution in [0.5, 0.6) is 0 Å². The average Bonchev–Trinajstić information content (AvgIpc) is 2.66. The van der Waals surface area contributed by atoms with Crippen LogP contribution < -0.4 is 10.6 Å². The summed E-state index contributed by atoms with van der Waals surface area (Å²) in [6, 6.07) is 10.5. The van der Waals surface area contributed by atoms with E-state index in [0.717, 1.165) is 8.95 Å². The number of halogens is 8. The molecule has 0 saturated heterocycles. The molecular weight excluding hydrogens is 939 g/mol. The van der Waals surface area contributed by atoms with Gasteiger partial charge in [0.05, 0.1) is 22.5 Å². The van der Waals surface area contributed by atoms with Gasteiger partial charge in [0.2, 0.25) is 5.91 Å². The molecule has 0 heterocycles. The number of anilines is 2. The van der Waals surface area contributed by atoms with Gasteiger partial charge in [-0.05, 0) is 132 Å². The molecule has 0 aliphatic rings. The number of primary amides is 1. The summed E-state index contributed by atoms with van der Waals surface area (Å²) in [6.45, 7) is 0. The number of nitrogens with zero attached hydrogens (tertiary/aromatic N) is 1. The summed E-state index contributed by atoms with van der Waals surface area (Å²) in [4.78, 5) is 27.9. The van der Waals surface area contributed by atoms with Gasteiger partial charge in [-0.2, -0.15) is 0 Å². The third-order valence-corrected chi connectivity index (χ3v) is 9.54. The topological polar surface area (TPSA) is 63.4 Å². The summed E-state index contributed by atoms with van der Waals surface area (Å²) in [5, 5.41) is 0. The lowest BCUT2D eigenvalue weighted by molar-refractivity contribution is 0.0966. The zero-order valence-corrected chi connectivity index (χ0v) is 28.0. The Morgan fingerprint density at radius 3 is 1.44 bits per heavy atom. The molecule has 0 aliphatic carbocycles. The molecule has 0 bridgehead atoms. The second-order valence-electron chi connectivity index (χ2n) is 6.22. The molecule has 0 radical (unpaired) electrons. The SMILES string of the molecule is NC(=O)c1ccc(Br)c(Br)c1C(=O)N(c1c(Br)cc(Br)cc1Br)c1c(Br)cc(Br)cc1Br. The zero-order valence-electron chi connectivity index (χ0n) is 15.3. The van der Waals surface area contributed by atoms with Crippen molar-refractivity contribution < 1.29 is 9.59 Å². The molecule has 3 aromatic rings. The highest BCUT2D eigenvalue weighted by molar-refractivity contribution is 9.13. The fourth-order valence-corrected chi connectivity index (χ4v) is 8.96. The van der Waals surface area contributed by atoms with Crippen molar-refractivity contribution in [1.29, 1.82) is 0 Å². The number of carbonyl (C=O) groups excluding carboxylic acids is 2. The van der Waals surface area contributed by atoms with E-state index in [1.165, 1.54) is 11.0 Å². The van der Waals surface area contributed by atoms with Gasteiger partial charge in [0.15, 0.2) is 0 Å². The van der Waals surface area contributed by atoms with Crippen molar-refractivity contribution in [2.75, 3.05) is 4.90 Å². The van der Waals surface area contributed by atoms with Crippen molar-refractivity contribution in [3.8, 4) is 0 Å². The third-order valence-electron chi connectivity index (χ3n) is 4.19.